The first kappa shape index (κ1) is 19.4. The number of para-hydroxylation sites is 1. The van der Waals surface area contributed by atoms with Gasteiger partial charge in [-0.1, -0.05) is 41.9 Å². The van der Waals surface area contributed by atoms with Crippen LogP contribution in [0.1, 0.15) is 35.2 Å². The molecule has 2 amide bonds. The highest BCUT2D eigenvalue weighted by molar-refractivity contribution is 6.31. The van der Waals surface area contributed by atoms with Crippen LogP contribution in [-0.4, -0.2) is 31.1 Å². The van der Waals surface area contributed by atoms with Gasteiger partial charge in [-0.3, -0.25) is 9.59 Å². The molecule has 5 nitrogen and oxygen atoms in total. The summed E-state index contributed by atoms with van der Waals surface area (Å²) in [7, 11) is 0. The fourth-order valence-electron chi connectivity index (χ4n) is 3.06. The van der Waals surface area contributed by atoms with Crippen molar-refractivity contribution in [1.29, 1.82) is 0 Å². The van der Waals surface area contributed by atoms with Gasteiger partial charge in [-0.25, -0.2) is 0 Å². The van der Waals surface area contributed by atoms with Gasteiger partial charge in [0.05, 0.1) is 17.4 Å². The molecule has 1 atom stereocenters. The standard InChI is InChI=1S/C21H23ClN2O3/c22-18-9-3-1-6-15(18)11-12-20(25)24-19-10-4-2-8-17(19)21(26)23-14-16-7-5-13-27-16/h1-4,6,8-10,16H,5,7,11-14H2,(H,23,26)(H,24,25). The molecule has 2 aromatic carbocycles. The third-order valence-corrected chi connectivity index (χ3v) is 4.91. The summed E-state index contributed by atoms with van der Waals surface area (Å²) in [5, 5.41) is 6.37. The van der Waals surface area contributed by atoms with Crippen LogP contribution in [0.25, 0.3) is 0 Å². The highest BCUT2D eigenvalue weighted by Gasteiger charge is 2.18. The Hall–Kier alpha value is -2.37. The van der Waals surface area contributed by atoms with Crippen LogP contribution in [0.3, 0.4) is 0 Å². The number of hydrogen-bond acceptors (Lipinski definition) is 3. The number of halogens is 1. The zero-order valence-electron chi connectivity index (χ0n) is 15.0. The third kappa shape index (κ3) is 5.55. The number of carbonyl (C=O) groups excluding carboxylic acids is 2. The van der Waals surface area contributed by atoms with Crippen LogP contribution in [0.2, 0.25) is 5.02 Å². The molecule has 0 spiro atoms. The molecule has 142 valence electrons. The van der Waals surface area contributed by atoms with Crippen molar-refractivity contribution < 1.29 is 14.3 Å². The highest BCUT2D eigenvalue weighted by Crippen LogP contribution is 2.19. The lowest BCUT2D eigenvalue weighted by atomic mass is 10.1. The maximum absolute atomic E-state index is 12.5. The minimum Gasteiger partial charge on any atom is -0.376 e. The van der Waals surface area contributed by atoms with E-state index in [2.05, 4.69) is 10.6 Å². The summed E-state index contributed by atoms with van der Waals surface area (Å²) in [6.07, 6.45) is 2.89. The van der Waals surface area contributed by atoms with E-state index >= 15 is 0 Å². The van der Waals surface area contributed by atoms with Gasteiger partial charge in [-0.15, -0.1) is 0 Å². The molecule has 2 N–H and O–H groups in total. The molecule has 1 unspecified atom stereocenters. The molecule has 0 saturated carbocycles. The molecule has 0 aliphatic carbocycles. The predicted octanol–water partition coefficient (Wildman–Crippen LogP) is 3.82. The van der Waals surface area contributed by atoms with E-state index in [1.165, 1.54) is 0 Å². The smallest absolute Gasteiger partial charge is 0.253 e. The molecule has 0 radical (unpaired) electrons. The molecule has 1 aliphatic rings. The van der Waals surface area contributed by atoms with Gasteiger partial charge < -0.3 is 15.4 Å². The van der Waals surface area contributed by atoms with Gasteiger partial charge in [0.2, 0.25) is 5.91 Å². The number of hydrogen-bond donors (Lipinski definition) is 2. The van der Waals surface area contributed by atoms with Gasteiger partial charge in [0.1, 0.15) is 0 Å². The lowest BCUT2D eigenvalue weighted by Gasteiger charge is -2.14. The summed E-state index contributed by atoms with van der Waals surface area (Å²) in [4.78, 5) is 24.8. The van der Waals surface area contributed by atoms with Crippen molar-refractivity contribution in [1.82, 2.24) is 5.32 Å². The molecule has 27 heavy (non-hydrogen) atoms. The first-order valence-corrected chi connectivity index (χ1v) is 9.53. The van der Waals surface area contributed by atoms with Crippen LogP contribution in [0.5, 0.6) is 0 Å². The summed E-state index contributed by atoms with van der Waals surface area (Å²) < 4.78 is 5.52. The molecule has 2 aromatic rings. The monoisotopic (exact) mass is 386 g/mol. The lowest BCUT2D eigenvalue weighted by Crippen LogP contribution is -2.32. The second-order valence-corrected chi connectivity index (χ2v) is 6.94. The number of anilines is 1. The zero-order chi connectivity index (χ0) is 19.1. The van der Waals surface area contributed by atoms with E-state index in [0.29, 0.717) is 29.2 Å². The van der Waals surface area contributed by atoms with Crippen LogP contribution in [0.4, 0.5) is 5.69 Å². The molecule has 1 heterocycles. The summed E-state index contributed by atoms with van der Waals surface area (Å²) in [6.45, 7) is 1.23. The predicted molar refractivity (Wildman–Crippen MR) is 106 cm³/mol. The second kappa shape index (κ2) is 9.53. The van der Waals surface area contributed by atoms with Gasteiger partial charge in [-0.2, -0.15) is 0 Å². The third-order valence-electron chi connectivity index (χ3n) is 4.54. The molecule has 1 saturated heterocycles. The molecule has 0 bridgehead atoms. The van der Waals surface area contributed by atoms with Gasteiger partial charge in [0, 0.05) is 24.6 Å². The van der Waals surface area contributed by atoms with Gasteiger partial charge >= 0.3 is 0 Å². The van der Waals surface area contributed by atoms with Gasteiger partial charge in [0.15, 0.2) is 0 Å². The molecule has 0 aromatic heterocycles. The van der Waals surface area contributed by atoms with Crippen LogP contribution in [0, 0.1) is 0 Å². The Morgan fingerprint density at radius 2 is 1.89 bits per heavy atom. The minimum atomic E-state index is -0.215. The van der Waals surface area contributed by atoms with E-state index in [1.807, 2.05) is 24.3 Å². The highest BCUT2D eigenvalue weighted by atomic mass is 35.5. The minimum absolute atomic E-state index is 0.0753. The van der Waals surface area contributed by atoms with Crippen LogP contribution < -0.4 is 10.6 Å². The van der Waals surface area contributed by atoms with Gasteiger partial charge in [-0.05, 0) is 43.0 Å². The largest absolute Gasteiger partial charge is 0.376 e. The number of aryl methyl sites for hydroxylation is 1. The Morgan fingerprint density at radius 1 is 1.11 bits per heavy atom. The fourth-order valence-corrected chi connectivity index (χ4v) is 3.29. The average Bonchev–Trinajstić information content (AvgIpc) is 3.19. The first-order chi connectivity index (χ1) is 13.1. The van der Waals surface area contributed by atoms with Crippen LogP contribution in [0.15, 0.2) is 48.5 Å². The SMILES string of the molecule is O=C(CCc1ccccc1Cl)Nc1ccccc1C(=O)NCC1CCCO1. The van der Waals surface area contributed by atoms with E-state index in [-0.39, 0.29) is 24.3 Å². The van der Waals surface area contributed by atoms with E-state index in [4.69, 9.17) is 16.3 Å². The Morgan fingerprint density at radius 3 is 2.67 bits per heavy atom. The first-order valence-electron chi connectivity index (χ1n) is 9.15. The number of rotatable bonds is 7. The molecule has 1 fully saturated rings. The van der Waals surface area contributed by atoms with E-state index in [0.717, 1.165) is 25.0 Å². The molecular weight excluding hydrogens is 364 g/mol. The quantitative estimate of drug-likeness (QED) is 0.760. The topological polar surface area (TPSA) is 67.4 Å². The van der Waals surface area contributed by atoms with Crippen LogP contribution >= 0.6 is 11.6 Å². The summed E-state index contributed by atoms with van der Waals surface area (Å²) >= 11 is 6.13. The Labute approximate surface area is 164 Å². The lowest BCUT2D eigenvalue weighted by molar-refractivity contribution is -0.116. The maximum atomic E-state index is 12.5. The van der Waals surface area contributed by atoms with Crippen molar-refractivity contribution in [3.8, 4) is 0 Å². The fraction of sp³-hybridized carbons (Fsp3) is 0.333. The summed E-state index contributed by atoms with van der Waals surface area (Å²) in [6, 6.07) is 14.5. The summed E-state index contributed by atoms with van der Waals surface area (Å²) in [5.41, 5.74) is 1.88. The molecule has 1 aliphatic heterocycles. The average molecular weight is 387 g/mol. The zero-order valence-corrected chi connectivity index (χ0v) is 15.8. The number of amides is 2. The van der Waals surface area contributed by atoms with Crippen LogP contribution in [-0.2, 0) is 16.0 Å². The normalized spacial score (nSPS) is 16.1. The van der Waals surface area contributed by atoms with E-state index < -0.39 is 0 Å². The van der Waals surface area contributed by atoms with E-state index in [9.17, 15) is 9.59 Å². The molecular formula is C21H23ClN2O3. The number of ether oxygens (including phenoxy) is 1. The second-order valence-electron chi connectivity index (χ2n) is 6.53. The van der Waals surface area contributed by atoms with Crippen molar-refractivity contribution >= 4 is 29.1 Å². The van der Waals surface area contributed by atoms with Crippen molar-refractivity contribution in [2.75, 3.05) is 18.5 Å². The van der Waals surface area contributed by atoms with Gasteiger partial charge in [0.25, 0.3) is 5.91 Å². The molecule has 3 rings (SSSR count). The van der Waals surface area contributed by atoms with Crippen molar-refractivity contribution in [2.45, 2.75) is 31.8 Å². The number of carbonyl (C=O) groups is 2. The Bertz CT molecular complexity index is 804. The van der Waals surface area contributed by atoms with Crippen molar-refractivity contribution in [2.24, 2.45) is 0 Å². The van der Waals surface area contributed by atoms with E-state index in [1.54, 1.807) is 24.3 Å². The maximum Gasteiger partial charge on any atom is 0.253 e. The Kier molecular flexibility index (Phi) is 6.85. The van der Waals surface area contributed by atoms with Crippen molar-refractivity contribution in [3.05, 3.63) is 64.7 Å². The molecule has 6 heteroatoms. The number of benzene rings is 2. The Balaban J connectivity index is 1.57. The number of nitrogens with one attached hydrogen (secondary N) is 2. The van der Waals surface area contributed by atoms with Crippen molar-refractivity contribution in [3.63, 3.8) is 0 Å². The summed E-state index contributed by atoms with van der Waals surface area (Å²) in [5.74, 6) is -0.373.